The first kappa shape index (κ1) is 21.9. The largest absolute Gasteiger partial charge is 0.369 e. The maximum absolute atomic E-state index is 11.4. The topological polar surface area (TPSA) is 95.6 Å². The second-order valence-corrected chi connectivity index (χ2v) is 7.82. The van der Waals surface area contributed by atoms with E-state index in [1.165, 1.54) is 5.56 Å². The molecule has 0 radical (unpaired) electrons. The minimum atomic E-state index is -0.204. The van der Waals surface area contributed by atoms with Crippen LogP contribution in [-0.4, -0.2) is 43.5 Å². The molecule has 1 aromatic carbocycles. The van der Waals surface area contributed by atoms with Crippen LogP contribution in [0.1, 0.15) is 24.0 Å². The normalized spacial score (nSPS) is 15.1. The number of nitrogens with one attached hydrogen (secondary N) is 2. The minimum absolute atomic E-state index is 0.0333. The van der Waals surface area contributed by atoms with E-state index in [-0.39, 0.29) is 11.8 Å². The number of amides is 1. The molecule has 0 unspecified atom stereocenters. The highest BCUT2D eigenvalue weighted by molar-refractivity contribution is 6.30. The van der Waals surface area contributed by atoms with E-state index in [9.17, 15) is 4.79 Å². The SMILES string of the molecule is CN=C(NCCc1cccc(Cl)c1)NCc1cccnc1N1CCC(C(N)=O)CC1. The molecule has 1 aromatic heterocycles. The Bertz CT molecular complexity index is 879. The first-order valence-corrected chi connectivity index (χ1v) is 10.6. The van der Waals surface area contributed by atoms with Crippen LogP contribution in [0.15, 0.2) is 47.6 Å². The van der Waals surface area contributed by atoms with Crippen LogP contribution in [0.3, 0.4) is 0 Å². The van der Waals surface area contributed by atoms with Crippen molar-refractivity contribution in [3.63, 3.8) is 0 Å². The van der Waals surface area contributed by atoms with Gasteiger partial charge in [0.05, 0.1) is 0 Å². The number of rotatable bonds is 7. The van der Waals surface area contributed by atoms with Gasteiger partial charge in [0.1, 0.15) is 5.82 Å². The summed E-state index contributed by atoms with van der Waals surface area (Å²) < 4.78 is 0. The maximum Gasteiger partial charge on any atom is 0.220 e. The smallest absolute Gasteiger partial charge is 0.220 e. The number of hydrogen-bond donors (Lipinski definition) is 3. The Balaban J connectivity index is 1.53. The van der Waals surface area contributed by atoms with Gasteiger partial charge in [-0.15, -0.1) is 0 Å². The molecule has 30 heavy (non-hydrogen) atoms. The Morgan fingerprint density at radius 3 is 2.77 bits per heavy atom. The lowest BCUT2D eigenvalue weighted by molar-refractivity contribution is -0.122. The summed E-state index contributed by atoms with van der Waals surface area (Å²) in [4.78, 5) is 22.5. The van der Waals surface area contributed by atoms with Crippen LogP contribution in [0, 0.1) is 5.92 Å². The van der Waals surface area contributed by atoms with Crippen molar-refractivity contribution in [1.82, 2.24) is 15.6 Å². The summed E-state index contributed by atoms with van der Waals surface area (Å²) in [6.07, 6.45) is 4.20. The number of carbonyl (C=O) groups excluding carboxylic acids is 1. The van der Waals surface area contributed by atoms with Gasteiger partial charge in [0.15, 0.2) is 5.96 Å². The molecule has 0 bridgehead atoms. The third kappa shape index (κ3) is 6.10. The van der Waals surface area contributed by atoms with Crippen molar-refractivity contribution in [1.29, 1.82) is 0 Å². The van der Waals surface area contributed by atoms with Crippen LogP contribution in [0.2, 0.25) is 5.02 Å². The summed E-state index contributed by atoms with van der Waals surface area (Å²) in [6, 6.07) is 11.9. The van der Waals surface area contributed by atoms with Gasteiger partial charge in [-0.2, -0.15) is 0 Å². The molecule has 3 rings (SSSR count). The van der Waals surface area contributed by atoms with Crippen LogP contribution in [0.4, 0.5) is 5.82 Å². The van der Waals surface area contributed by atoms with Gasteiger partial charge in [-0.1, -0.05) is 29.8 Å². The summed E-state index contributed by atoms with van der Waals surface area (Å²) in [5.41, 5.74) is 7.72. The molecule has 0 aliphatic carbocycles. The molecule has 1 aliphatic heterocycles. The monoisotopic (exact) mass is 428 g/mol. The molecular formula is C22H29ClN6O. The lowest BCUT2D eigenvalue weighted by Gasteiger charge is -2.32. The minimum Gasteiger partial charge on any atom is -0.369 e. The predicted octanol–water partition coefficient (Wildman–Crippen LogP) is 2.34. The summed E-state index contributed by atoms with van der Waals surface area (Å²) in [7, 11) is 1.76. The lowest BCUT2D eigenvalue weighted by Crippen LogP contribution is -2.40. The molecule has 7 nitrogen and oxygen atoms in total. The van der Waals surface area contributed by atoms with Crippen molar-refractivity contribution in [2.24, 2.45) is 16.6 Å². The van der Waals surface area contributed by atoms with E-state index in [4.69, 9.17) is 17.3 Å². The molecule has 1 amide bonds. The summed E-state index contributed by atoms with van der Waals surface area (Å²) >= 11 is 6.04. The molecule has 8 heteroatoms. The van der Waals surface area contributed by atoms with Gasteiger partial charge in [-0.25, -0.2) is 4.98 Å². The molecule has 1 fully saturated rings. The molecule has 1 saturated heterocycles. The molecule has 0 atom stereocenters. The summed E-state index contributed by atoms with van der Waals surface area (Å²) in [6.45, 7) is 2.92. The van der Waals surface area contributed by atoms with Crippen LogP contribution < -0.4 is 21.3 Å². The fourth-order valence-corrected chi connectivity index (χ4v) is 3.86. The Labute approximate surface area is 182 Å². The third-order valence-corrected chi connectivity index (χ3v) is 5.56. The summed E-state index contributed by atoms with van der Waals surface area (Å²) in [5, 5.41) is 7.45. The van der Waals surface area contributed by atoms with E-state index < -0.39 is 0 Å². The Morgan fingerprint density at radius 2 is 2.07 bits per heavy atom. The number of primary amides is 1. The van der Waals surface area contributed by atoms with Crippen molar-refractivity contribution >= 4 is 29.3 Å². The number of nitrogens with zero attached hydrogens (tertiary/aromatic N) is 3. The van der Waals surface area contributed by atoms with Gasteiger partial charge in [0, 0.05) is 55.9 Å². The Hall–Kier alpha value is -2.80. The van der Waals surface area contributed by atoms with E-state index in [1.54, 1.807) is 13.2 Å². The molecule has 160 valence electrons. The molecule has 4 N–H and O–H groups in total. The van der Waals surface area contributed by atoms with Gasteiger partial charge in [0.25, 0.3) is 0 Å². The quantitative estimate of drug-likeness (QED) is 0.464. The summed E-state index contributed by atoms with van der Waals surface area (Å²) in [5.74, 6) is 1.45. The van der Waals surface area contributed by atoms with Gasteiger partial charge >= 0.3 is 0 Å². The van der Waals surface area contributed by atoms with Crippen LogP contribution >= 0.6 is 11.6 Å². The number of piperidine rings is 1. The number of anilines is 1. The van der Waals surface area contributed by atoms with Crippen LogP contribution in [0.25, 0.3) is 0 Å². The Morgan fingerprint density at radius 1 is 1.27 bits per heavy atom. The first-order valence-electron chi connectivity index (χ1n) is 10.2. The average Bonchev–Trinajstić information content (AvgIpc) is 2.76. The highest BCUT2D eigenvalue weighted by Gasteiger charge is 2.24. The third-order valence-electron chi connectivity index (χ3n) is 5.33. The lowest BCUT2D eigenvalue weighted by atomic mass is 9.96. The number of aromatic nitrogens is 1. The van der Waals surface area contributed by atoms with Gasteiger partial charge in [-0.3, -0.25) is 9.79 Å². The molecular weight excluding hydrogens is 400 g/mol. The fourth-order valence-electron chi connectivity index (χ4n) is 3.65. The van der Waals surface area contributed by atoms with E-state index in [1.807, 2.05) is 24.3 Å². The second-order valence-electron chi connectivity index (χ2n) is 7.38. The van der Waals surface area contributed by atoms with Crippen molar-refractivity contribution in [2.75, 3.05) is 31.6 Å². The maximum atomic E-state index is 11.4. The molecule has 1 aliphatic rings. The van der Waals surface area contributed by atoms with Crippen molar-refractivity contribution < 1.29 is 4.79 Å². The highest BCUT2D eigenvalue weighted by atomic mass is 35.5. The number of carbonyl (C=O) groups is 1. The van der Waals surface area contributed by atoms with Crippen molar-refractivity contribution in [3.8, 4) is 0 Å². The van der Waals surface area contributed by atoms with Crippen molar-refractivity contribution in [2.45, 2.75) is 25.8 Å². The molecule has 0 saturated carbocycles. The van der Waals surface area contributed by atoms with Gasteiger partial charge < -0.3 is 21.3 Å². The standard InChI is InChI=1S/C22H29ClN6O/c1-25-22(27-11-7-16-4-2-6-19(23)14-16)28-15-18-5-3-10-26-21(18)29-12-8-17(9-13-29)20(24)30/h2-6,10,14,17H,7-9,11-13,15H2,1H3,(H2,24,30)(H2,25,27,28). The van der Waals surface area contributed by atoms with E-state index in [0.717, 1.165) is 61.3 Å². The van der Waals surface area contributed by atoms with Crippen LogP contribution in [0.5, 0.6) is 0 Å². The zero-order valence-corrected chi connectivity index (χ0v) is 18.0. The Kier molecular flexibility index (Phi) is 7.90. The van der Waals surface area contributed by atoms with E-state index in [0.29, 0.717) is 6.54 Å². The number of halogens is 1. The predicted molar refractivity (Wildman–Crippen MR) is 122 cm³/mol. The number of benzene rings is 1. The molecule has 2 heterocycles. The van der Waals surface area contributed by atoms with Crippen LogP contribution in [-0.2, 0) is 17.8 Å². The molecule has 2 aromatic rings. The average molecular weight is 429 g/mol. The zero-order valence-electron chi connectivity index (χ0n) is 17.3. The van der Waals surface area contributed by atoms with Crippen molar-refractivity contribution in [3.05, 3.63) is 58.7 Å². The number of hydrogen-bond acceptors (Lipinski definition) is 4. The zero-order chi connectivity index (χ0) is 21.3. The second kappa shape index (κ2) is 10.8. The van der Waals surface area contributed by atoms with Gasteiger partial charge in [-0.05, 0) is 43.0 Å². The number of aliphatic imine (C=N–C) groups is 1. The highest BCUT2D eigenvalue weighted by Crippen LogP contribution is 2.24. The number of guanidine groups is 1. The molecule has 0 spiro atoms. The first-order chi connectivity index (χ1) is 14.6. The fraction of sp³-hybridized carbons (Fsp3) is 0.409. The number of pyridine rings is 1. The van der Waals surface area contributed by atoms with E-state index >= 15 is 0 Å². The van der Waals surface area contributed by atoms with Gasteiger partial charge in [0.2, 0.25) is 5.91 Å². The van der Waals surface area contributed by atoms with E-state index in [2.05, 4.69) is 37.6 Å². The number of nitrogens with two attached hydrogens (primary N) is 1.